The summed E-state index contributed by atoms with van der Waals surface area (Å²) >= 11 is -1.19. The van der Waals surface area contributed by atoms with Crippen molar-refractivity contribution in [1.82, 2.24) is 19.2 Å². The first-order chi connectivity index (χ1) is 17.9. The molecule has 0 amide bonds. The maximum Gasteiger partial charge on any atom is 0.229 e. The summed E-state index contributed by atoms with van der Waals surface area (Å²) in [6, 6.07) is 16.9. The number of nitrogens with one attached hydrogen (secondary N) is 2. The molecule has 3 heterocycles. The van der Waals surface area contributed by atoms with Gasteiger partial charge in [-0.3, -0.25) is 0 Å². The third kappa shape index (κ3) is 6.01. The molecule has 0 radical (unpaired) electrons. The van der Waals surface area contributed by atoms with Crippen molar-refractivity contribution in [2.75, 3.05) is 48.8 Å². The van der Waals surface area contributed by atoms with Gasteiger partial charge in [0.25, 0.3) is 0 Å². The van der Waals surface area contributed by atoms with Crippen molar-refractivity contribution in [3.8, 4) is 0 Å². The van der Waals surface area contributed by atoms with Gasteiger partial charge in [0, 0.05) is 61.1 Å². The molecule has 9 heteroatoms. The summed E-state index contributed by atoms with van der Waals surface area (Å²) in [5, 5.41) is 6.73. The van der Waals surface area contributed by atoms with Gasteiger partial charge in [-0.2, -0.15) is 4.98 Å². The second-order valence-electron chi connectivity index (χ2n) is 10.2. The minimum Gasteiger partial charge on any atom is -0.593 e. The molecule has 2 aliphatic heterocycles. The van der Waals surface area contributed by atoms with Crippen LogP contribution in [0.4, 0.5) is 28.8 Å². The summed E-state index contributed by atoms with van der Waals surface area (Å²) in [4.78, 5) is 14.8. The predicted octanol–water partition coefficient (Wildman–Crippen LogP) is 4.92. The van der Waals surface area contributed by atoms with E-state index >= 15 is 0 Å². The van der Waals surface area contributed by atoms with Crippen LogP contribution in [0.5, 0.6) is 0 Å². The third-order valence-corrected chi connectivity index (χ3v) is 9.08. The number of hydrogen-bond acceptors (Lipinski definition) is 8. The van der Waals surface area contributed by atoms with Crippen LogP contribution in [0.3, 0.4) is 0 Å². The molecular weight excluding hydrogens is 482 g/mol. The van der Waals surface area contributed by atoms with Crippen LogP contribution in [0.1, 0.15) is 32.3 Å². The third-order valence-electron chi connectivity index (χ3n) is 7.32. The van der Waals surface area contributed by atoms with Crippen molar-refractivity contribution in [3.63, 3.8) is 0 Å². The highest BCUT2D eigenvalue weighted by Gasteiger charge is 2.37. The van der Waals surface area contributed by atoms with Crippen molar-refractivity contribution < 1.29 is 4.55 Å². The van der Waals surface area contributed by atoms with Crippen LogP contribution in [-0.4, -0.2) is 69.0 Å². The molecule has 196 valence electrons. The molecule has 5 rings (SSSR count). The normalized spacial score (nSPS) is 21.7. The highest BCUT2D eigenvalue weighted by molar-refractivity contribution is 7.89. The lowest BCUT2D eigenvalue weighted by molar-refractivity contribution is 0.313. The molecule has 2 fully saturated rings. The van der Waals surface area contributed by atoms with Gasteiger partial charge in [0.15, 0.2) is 4.90 Å². The van der Waals surface area contributed by atoms with Gasteiger partial charge in [-0.1, -0.05) is 6.07 Å². The molecule has 3 unspecified atom stereocenters. The number of aromatic nitrogens is 2. The quantitative estimate of drug-likeness (QED) is 0.426. The topological polar surface area (TPSA) is 82.6 Å². The minimum absolute atomic E-state index is 0.320. The van der Waals surface area contributed by atoms with Gasteiger partial charge >= 0.3 is 0 Å². The number of piperazine rings is 1. The Bertz CT molecular complexity index is 1190. The maximum atomic E-state index is 13.3. The lowest BCUT2D eigenvalue weighted by Gasteiger charge is -2.34. The second kappa shape index (κ2) is 11.3. The summed E-state index contributed by atoms with van der Waals surface area (Å²) in [5.74, 6) is 1.25. The van der Waals surface area contributed by atoms with Crippen molar-refractivity contribution in [2.24, 2.45) is 0 Å². The van der Waals surface area contributed by atoms with Crippen LogP contribution < -0.4 is 15.5 Å². The molecule has 2 aromatic carbocycles. The monoisotopic (exact) mass is 519 g/mol. The number of aryl methyl sites for hydroxylation is 1. The Kier molecular flexibility index (Phi) is 7.85. The van der Waals surface area contributed by atoms with E-state index < -0.39 is 11.4 Å². The zero-order valence-corrected chi connectivity index (χ0v) is 23.0. The van der Waals surface area contributed by atoms with Crippen LogP contribution >= 0.6 is 0 Å². The van der Waals surface area contributed by atoms with Crippen LogP contribution in [0.15, 0.2) is 59.6 Å². The van der Waals surface area contributed by atoms with E-state index in [4.69, 9.17) is 4.98 Å². The van der Waals surface area contributed by atoms with Crippen LogP contribution in [0, 0.1) is 6.92 Å². The molecule has 0 bridgehead atoms. The van der Waals surface area contributed by atoms with E-state index in [1.165, 1.54) is 5.69 Å². The molecule has 0 spiro atoms. The molecule has 2 saturated heterocycles. The van der Waals surface area contributed by atoms with E-state index in [1.54, 1.807) is 0 Å². The van der Waals surface area contributed by atoms with Crippen LogP contribution in [-0.2, 0) is 11.4 Å². The maximum absolute atomic E-state index is 13.3. The molecule has 0 aliphatic carbocycles. The first kappa shape index (κ1) is 25.8. The van der Waals surface area contributed by atoms with Gasteiger partial charge in [-0.15, -0.1) is 4.31 Å². The summed E-state index contributed by atoms with van der Waals surface area (Å²) < 4.78 is 15.4. The Morgan fingerprint density at radius 3 is 2.32 bits per heavy atom. The Morgan fingerprint density at radius 2 is 1.62 bits per heavy atom. The average molecular weight is 520 g/mol. The van der Waals surface area contributed by atoms with E-state index in [0.717, 1.165) is 66.7 Å². The van der Waals surface area contributed by atoms with Gasteiger partial charge in [0.2, 0.25) is 5.95 Å². The fourth-order valence-electron chi connectivity index (χ4n) is 5.02. The molecule has 3 atom stereocenters. The molecule has 37 heavy (non-hydrogen) atoms. The smallest absolute Gasteiger partial charge is 0.229 e. The number of rotatable bonds is 7. The van der Waals surface area contributed by atoms with Gasteiger partial charge in [-0.05, 0) is 77.1 Å². The fraction of sp³-hybridized carbons (Fsp3) is 0.429. The minimum atomic E-state index is -1.19. The first-order valence-electron chi connectivity index (χ1n) is 13.1. The summed E-state index contributed by atoms with van der Waals surface area (Å²) in [6.07, 6.45) is 3.98. The van der Waals surface area contributed by atoms with E-state index in [-0.39, 0.29) is 0 Å². The molecular formula is C28H37N7OS. The Balaban J connectivity index is 1.27. The Hall–Kier alpha value is -2.85. The molecule has 3 aromatic rings. The largest absolute Gasteiger partial charge is 0.593 e. The molecule has 8 nitrogen and oxygen atoms in total. The number of hydrogen-bond donors (Lipinski definition) is 2. The van der Waals surface area contributed by atoms with Gasteiger partial charge in [0.05, 0.1) is 23.4 Å². The zero-order valence-electron chi connectivity index (χ0n) is 22.1. The first-order valence-corrected chi connectivity index (χ1v) is 14.2. The molecule has 1 aromatic heterocycles. The number of benzene rings is 2. The molecule has 0 saturated carbocycles. The van der Waals surface area contributed by atoms with E-state index in [0.29, 0.717) is 18.0 Å². The van der Waals surface area contributed by atoms with Crippen molar-refractivity contribution >= 4 is 40.2 Å². The van der Waals surface area contributed by atoms with Crippen LogP contribution in [0.2, 0.25) is 0 Å². The number of likely N-dealkylation sites (N-methyl/N-ethyl adjacent to an activating group) is 1. The fourth-order valence-corrected chi connectivity index (χ4v) is 6.55. The Labute approximate surface area is 223 Å². The number of nitrogens with zero attached hydrogens (tertiary/aromatic N) is 5. The SMILES string of the molecule is Cc1cnc(Nc2ccc(N3CCN(C)CC3)cc2)nc1Nc1cccc([S+]([O-])N2C(C)CCC2C)c1. The summed E-state index contributed by atoms with van der Waals surface area (Å²) in [6.45, 7) is 10.6. The predicted molar refractivity (Wildman–Crippen MR) is 152 cm³/mol. The van der Waals surface area contributed by atoms with Crippen molar-refractivity contribution in [2.45, 2.75) is 50.6 Å². The van der Waals surface area contributed by atoms with E-state index in [1.807, 2.05) is 37.4 Å². The molecule has 2 N–H and O–H groups in total. The van der Waals surface area contributed by atoms with E-state index in [2.05, 4.69) is 74.9 Å². The van der Waals surface area contributed by atoms with Crippen LogP contribution in [0.25, 0.3) is 0 Å². The standard InChI is InChI=1S/C28H37N7OS/c1-20-19-29-28(31-23-10-12-25(13-11-23)34-16-14-33(4)15-17-34)32-27(20)30-24-6-5-7-26(18-24)37(36)35-21(2)8-9-22(35)3/h5-7,10-13,18-19,21-22H,8-9,14-17H2,1-4H3,(H2,29,30,31,32). The van der Waals surface area contributed by atoms with Gasteiger partial charge < -0.3 is 25.0 Å². The van der Waals surface area contributed by atoms with Gasteiger partial charge in [-0.25, -0.2) is 4.98 Å². The van der Waals surface area contributed by atoms with Crippen molar-refractivity contribution in [1.29, 1.82) is 0 Å². The summed E-state index contributed by atoms with van der Waals surface area (Å²) in [7, 11) is 2.17. The van der Waals surface area contributed by atoms with Crippen molar-refractivity contribution in [3.05, 3.63) is 60.3 Å². The average Bonchev–Trinajstić information content (AvgIpc) is 3.24. The zero-order chi connectivity index (χ0) is 25.9. The molecule has 2 aliphatic rings. The summed E-state index contributed by atoms with van der Waals surface area (Å²) in [5.41, 5.74) is 3.97. The lowest BCUT2D eigenvalue weighted by atomic mass is 10.2. The highest BCUT2D eigenvalue weighted by Crippen LogP contribution is 2.32. The highest BCUT2D eigenvalue weighted by atomic mass is 32.2. The van der Waals surface area contributed by atoms with Gasteiger partial charge in [0.1, 0.15) is 5.82 Å². The van der Waals surface area contributed by atoms with E-state index in [9.17, 15) is 4.55 Å². The Morgan fingerprint density at radius 1 is 0.919 bits per heavy atom. The lowest BCUT2D eigenvalue weighted by Crippen LogP contribution is -2.44. The number of anilines is 5. The second-order valence-corrected chi connectivity index (χ2v) is 11.6.